The van der Waals surface area contributed by atoms with Crippen LogP contribution in [0.1, 0.15) is 11.1 Å². The maximum absolute atomic E-state index is 5.34. The molecule has 0 spiro atoms. The maximum atomic E-state index is 5.34. The fraction of sp³-hybridized carbons (Fsp3) is 0.143. The van der Waals surface area contributed by atoms with Gasteiger partial charge in [-0.15, -0.1) is 0 Å². The number of rotatable bonds is 8. The fourth-order valence-corrected chi connectivity index (χ4v) is 4.32. The zero-order valence-corrected chi connectivity index (χ0v) is 21.1. The smallest absolute Gasteiger partial charge is 0.212 e. The molecule has 2 heterocycles. The van der Waals surface area contributed by atoms with Gasteiger partial charge in [0, 0.05) is 29.3 Å². The average molecular weight is 529 g/mol. The standard InChI is InChI=1S/C28H25BrN4O2/c1-34-25-11-3-20(4-12-25)18-32(19-21-5-13-26(35-2)14-6-21)28-30-16-15-24-17-31-27(33(24)28)22-7-9-23(29)10-8-22/h3-17H,18-19H2,1-2H3. The predicted octanol–water partition coefficient (Wildman–Crippen LogP) is 6.38. The van der Waals surface area contributed by atoms with Gasteiger partial charge >= 0.3 is 0 Å². The van der Waals surface area contributed by atoms with Crippen molar-refractivity contribution in [3.63, 3.8) is 0 Å². The van der Waals surface area contributed by atoms with Gasteiger partial charge in [-0.1, -0.05) is 52.3 Å². The monoisotopic (exact) mass is 528 g/mol. The molecule has 0 atom stereocenters. The Morgan fingerprint density at radius 3 is 1.86 bits per heavy atom. The van der Waals surface area contributed by atoms with Gasteiger partial charge in [-0.25, -0.2) is 9.97 Å². The van der Waals surface area contributed by atoms with Gasteiger partial charge in [0.05, 0.1) is 25.9 Å². The van der Waals surface area contributed by atoms with Crippen molar-refractivity contribution >= 4 is 27.4 Å². The van der Waals surface area contributed by atoms with Crippen LogP contribution in [-0.4, -0.2) is 28.6 Å². The minimum Gasteiger partial charge on any atom is -0.497 e. The summed E-state index contributed by atoms with van der Waals surface area (Å²) in [5, 5.41) is 0. The number of imidazole rings is 1. The lowest BCUT2D eigenvalue weighted by atomic mass is 10.1. The van der Waals surface area contributed by atoms with Crippen molar-refractivity contribution in [1.82, 2.24) is 14.4 Å². The maximum Gasteiger partial charge on any atom is 0.212 e. The zero-order valence-electron chi connectivity index (χ0n) is 19.6. The summed E-state index contributed by atoms with van der Waals surface area (Å²) in [6.45, 7) is 1.33. The highest BCUT2D eigenvalue weighted by Crippen LogP contribution is 2.28. The van der Waals surface area contributed by atoms with E-state index in [0.29, 0.717) is 13.1 Å². The number of anilines is 1. The van der Waals surface area contributed by atoms with Crippen LogP contribution in [0.3, 0.4) is 0 Å². The van der Waals surface area contributed by atoms with E-state index in [-0.39, 0.29) is 0 Å². The number of hydrogen-bond acceptors (Lipinski definition) is 5. The van der Waals surface area contributed by atoms with Gasteiger partial charge < -0.3 is 14.4 Å². The van der Waals surface area contributed by atoms with Gasteiger partial charge in [-0.2, -0.15) is 0 Å². The molecule has 0 fully saturated rings. The molecule has 0 aliphatic rings. The molecule has 0 saturated heterocycles. The summed E-state index contributed by atoms with van der Waals surface area (Å²) in [6.07, 6.45) is 3.73. The lowest BCUT2D eigenvalue weighted by Gasteiger charge is -2.25. The van der Waals surface area contributed by atoms with E-state index in [9.17, 15) is 0 Å². The van der Waals surface area contributed by atoms with E-state index < -0.39 is 0 Å². The van der Waals surface area contributed by atoms with E-state index >= 15 is 0 Å². The third-order valence-corrected chi connectivity index (χ3v) is 6.40. The Hall–Kier alpha value is -3.84. The summed E-state index contributed by atoms with van der Waals surface area (Å²) < 4.78 is 13.8. The number of hydrogen-bond donors (Lipinski definition) is 0. The average Bonchev–Trinajstić information content (AvgIpc) is 3.34. The highest BCUT2D eigenvalue weighted by Gasteiger charge is 2.18. The van der Waals surface area contributed by atoms with Gasteiger partial charge in [0.25, 0.3) is 0 Å². The predicted molar refractivity (Wildman–Crippen MR) is 142 cm³/mol. The van der Waals surface area contributed by atoms with Crippen molar-refractivity contribution < 1.29 is 9.47 Å². The third kappa shape index (κ3) is 5.00. The Morgan fingerprint density at radius 2 is 1.31 bits per heavy atom. The Kier molecular flexibility index (Phi) is 6.68. The minimum atomic E-state index is 0.667. The molecule has 176 valence electrons. The number of methoxy groups -OCH3 is 2. The summed E-state index contributed by atoms with van der Waals surface area (Å²) in [7, 11) is 3.36. The molecule has 0 unspecified atom stereocenters. The van der Waals surface area contributed by atoms with Gasteiger partial charge in [0.15, 0.2) is 0 Å². The van der Waals surface area contributed by atoms with Crippen molar-refractivity contribution in [2.75, 3.05) is 19.1 Å². The Bertz CT molecular complexity index is 1370. The molecule has 3 aromatic carbocycles. The second kappa shape index (κ2) is 10.2. The van der Waals surface area contributed by atoms with Crippen LogP contribution in [0.5, 0.6) is 11.5 Å². The van der Waals surface area contributed by atoms with Gasteiger partial charge in [0.2, 0.25) is 5.95 Å². The van der Waals surface area contributed by atoms with Crippen molar-refractivity contribution in [3.8, 4) is 22.9 Å². The molecule has 5 rings (SSSR count). The number of fused-ring (bicyclic) bond motifs is 1. The first-order valence-electron chi connectivity index (χ1n) is 11.2. The van der Waals surface area contributed by atoms with E-state index in [1.54, 1.807) is 14.2 Å². The second-order valence-electron chi connectivity index (χ2n) is 8.15. The summed E-state index contributed by atoms with van der Waals surface area (Å²) in [5.74, 6) is 3.35. The Morgan fingerprint density at radius 1 is 0.743 bits per heavy atom. The topological polar surface area (TPSA) is 51.9 Å². The first-order chi connectivity index (χ1) is 17.1. The Balaban J connectivity index is 1.59. The van der Waals surface area contributed by atoms with Crippen LogP contribution >= 0.6 is 15.9 Å². The van der Waals surface area contributed by atoms with Crippen LogP contribution in [0.4, 0.5) is 5.95 Å². The quantitative estimate of drug-likeness (QED) is 0.234. The molecule has 6 nitrogen and oxygen atoms in total. The highest BCUT2D eigenvalue weighted by atomic mass is 79.9. The van der Waals surface area contributed by atoms with Crippen molar-refractivity contribution in [2.45, 2.75) is 13.1 Å². The third-order valence-electron chi connectivity index (χ3n) is 5.87. The summed E-state index contributed by atoms with van der Waals surface area (Å²) in [4.78, 5) is 11.8. The number of halogens is 1. The van der Waals surface area contributed by atoms with Crippen LogP contribution < -0.4 is 14.4 Å². The molecule has 0 radical (unpaired) electrons. The van der Waals surface area contributed by atoms with Gasteiger partial charge in [0.1, 0.15) is 17.3 Å². The van der Waals surface area contributed by atoms with Crippen LogP contribution in [-0.2, 0) is 13.1 Å². The zero-order chi connectivity index (χ0) is 24.2. The number of aromatic nitrogens is 3. The van der Waals surface area contributed by atoms with Crippen molar-refractivity contribution in [1.29, 1.82) is 0 Å². The molecule has 0 bridgehead atoms. The van der Waals surface area contributed by atoms with Crippen LogP contribution in [0, 0.1) is 0 Å². The number of benzene rings is 3. The van der Waals surface area contributed by atoms with Gasteiger partial charge in [-0.05, 0) is 53.6 Å². The molecular weight excluding hydrogens is 504 g/mol. The molecule has 2 aromatic heterocycles. The normalized spacial score (nSPS) is 10.9. The molecule has 0 amide bonds. The van der Waals surface area contributed by atoms with Crippen molar-refractivity contribution in [3.05, 3.63) is 107 Å². The van der Waals surface area contributed by atoms with Crippen molar-refractivity contribution in [2.24, 2.45) is 0 Å². The molecule has 0 aliphatic carbocycles. The summed E-state index contributed by atoms with van der Waals surface area (Å²) in [6, 6.07) is 26.5. The van der Waals surface area contributed by atoms with Crippen LogP contribution in [0.15, 0.2) is 95.7 Å². The van der Waals surface area contributed by atoms with E-state index in [1.165, 1.54) is 0 Å². The molecule has 0 aliphatic heterocycles. The number of ether oxygens (including phenoxy) is 2. The highest BCUT2D eigenvalue weighted by molar-refractivity contribution is 9.10. The molecule has 5 aromatic rings. The number of nitrogens with zero attached hydrogens (tertiary/aromatic N) is 4. The van der Waals surface area contributed by atoms with E-state index in [1.807, 2.05) is 54.9 Å². The van der Waals surface area contributed by atoms with E-state index in [0.717, 1.165) is 50.0 Å². The molecule has 0 saturated carbocycles. The molecule has 0 N–H and O–H groups in total. The second-order valence-corrected chi connectivity index (χ2v) is 9.06. The van der Waals surface area contributed by atoms with E-state index in [4.69, 9.17) is 19.4 Å². The SMILES string of the molecule is COc1ccc(CN(Cc2ccc(OC)cc2)c2nccc3cnc(-c4ccc(Br)cc4)n23)cc1. The summed E-state index contributed by atoms with van der Waals surface area (Å²) >= 11 is 3.53. The first kappa shape index (κ1) is 22.9. The van der Waals surface area contributed by atoms with Crippen LogP contribution in [0.25, 0.3) is 16.9 Å². The largest absolute Gasteiger partial charge is 0.497 e. The summed E-state index contributed by atoms with van der Waals surface area (Å²) in [5.41, 5.74) is 4.32. The Labute approximate surface area is 212 Å². The molecule has 7 heteroatoms. The lowest BCUT2D eigenvalue weighted by molar-refractivity contribution is 0.414. The lowest BCUT2D eigenvalue weighted by Crippen LogP contribution is -2.25. The first-order valence-corrected chi connectivity index (χ1v) is 12.0. The minimum absolute atomic E-state index is 0.667. The van der Waals surface area contributed by atoms with Crippen LogP contribution in [0.2, 0.25) is 0 Å². The van der Waals surface area contributed by atoms with Gasteiger partial charge in [-0.3, -0.25) is 4.40 Å². The van der Waals surface area contributed by atoms with E-state index in [2.05, 4.69) is 61.6 Å². The molecular formula is C28H25BrN4O2. The molecule has 35 heavy (non-hydrogen) atoms. The fourth-order valence-electron chi connectivity index (χ4n) is 4.06.